The molecule has 1 amide bonds. The third-order valence-electron chi connectivity index (χ3n) is 3.77. The Morgan fingerprint density at radius 3 is 2.79 bits per heavy atom. The monoisotopic (exact) mass is 362 g/mol. The highest BCUT2D eigenvalue weighted by Crippen LogP contribution is 2.30. The summed E-state index contributed by atoms with van der Waals surface area (Å²) >= 11 is 12.2. The smallest absolute Gasteiger partial charge is 0.254 e. The Morgan fingerprint density at radius 1 is 1.21 bits per heavy atom. The molecule has 3 aromatic rings. The molecule has 1 unspecified atom stereocenters. The first-order valence-corrected chi connectivity index (χ1v) is 8.01. The Kier molecular flexibility index (Phi) is 4.69. The van der Waals surface area contributed by atoms with E-state index in [2.05, 4.69) is 10.3 Å². The Bertz CT molecular complexity index is 930. The summed E-state index contributed by atoms with van der Waals surface area (Å²) < 4.78 is 14.2. The van der Waals surface area contributed by atoms with Crippen LogP contribution in [0.5, 0.6) is 0 Å². The Labute approximate surface area is 148 Å². The summed E-state index contributed by atoms with van der Waals surface area (Å²) in [6, 6.07) is 9.29. The molecule has 1 atom stereocenters. The van der Waals surface area contributed by atoms with Crippen LogP contribution in [0.4, 0.5) is 4.39 Å². The molecule has 0 saturated carbocycles. The standard InChI is InChI=1S/C18H13Cl2FN2O/c1-10(13-3-2-4-15(19)17(13)20)23-18(24)14-7-11-5-6-22-9-12(11)8-16(14)21/h2-10H,1H3,(H,23,24). The van der Waals surface area contributed by atoms with E-state index in [0.29, 0.717) is 21.0 Å². The van der Waals surface area contributed by atoms with Gasteiger partial charge in [-0.3, -0.25) is 9.78 Å². The van der Waals surface area contributed by atoms with Crippen molar-refractivity contribution in [3.8, 4) is 0 Å². The first-order chi connectivity index (χ1) is 11.5. The normalized spacial score (nSPS) is 12.2. The van der Waals surface area contributed by atoms with Crippen molar-refractivity contribution < 1.29 is 9.18 Å². The van der Waals surface area contributed by atoms with Crippen molar-refractivity contribution >= 4 is 39.9 Å². The van der Waals surface area contributed by atoms with Crippen LogP contribution in [-0.4, -0.2) is 10.9 Å². The van der Waals surface area contributed by atoms with Crippen molar-refractivity contribution in [1.82, 2.24) is 10.3 Å². The number of nitrogens with zero attached hydrogens (tertiary/aromatic N) is 1. The number of rotatable bonds is 3. The average Bonchev–Trinajstić information content (AvgIpc) is 2.56. The fraction of sp³-hybridized carbons (Fsp3) is 0.111. The van der Waals surface area contributed by atoms with Gasteiger partial charge < -0.3 is 5.32 Å². The minimum Gasteiger partial charge on any atom is -0.345 e. The van der Waals surface area contributed by atoms with E-state index in [0.717, 1.165) is 5.39 Å². The summed E-state index contributed by atoms with van der Waals surface area (Å²) in [5, 5.41) is 4.90. The number of hydrogen-bond donors (Lipinski definition) is 1. The number of carbonyl (C=O) groups is 1. The van der Waals surface area contributed by atoms with Crippen LogP contribution >= 0.6 is 23.2 Å². The first-order valence-electron chi connectivity index (χ1n) is 7.25. The largest absolute Gasteiger partial charge is 0.345 e. The van der Waals surface area contributed by atoms with Crippen LogP contribution in [0, 0.1) is 5.82 Å². The highest BCUT2D eigenvalue weighted by Gasteiger charge is 2.18. The van der Waals surface area contributed by atoms with E-state index in [1.165, 1.54) is 12.1 Å². The molecule has 3 nitrogen and oxygen atoms in total. The molecular formula is C18H13Cl2FN2O. The highest BCUT2D eigenvalue weighted by atomic mass is 35.5. The maximum Gasteiger partial charge on any atom is 0.254 e. The molecule has 6 heteroatoms. The number of halogens is 3. The fourth-order valence-electron chi connectivity index (χ4n) is 2.49. The lowest BCUT2D eigenvalue weighted by atomic mass is 10.1. The Balaban J connectivity index is 1.89. The maximum absolute atomic E-state index is 14.2. The maximum atomic E-state index is 14.2. The first kappa shape index (κ1) is 16.7. The summed E-state index contributed by atoms with van der Waals surface area (Å²) in [6.45, 7) is 1.76. The van der Waals surface area contributed by atoms with E-state index in [1.807, 2.05) is 0 Å². The zero-order valence-electron chi connectivity index (χ0n) is 12.7. The quantitative estimate of drug-likeness (QED) is 0.697. The summed E-state index contributed by atoms with van der Waals surface area (Å²) in [7, 11) is 0. The third-order valence-corrected chi connectivity index (χ3v) is 4.60. The van der Waals surface area contributed by atoms with E-state index in [-0.39, 0.29) is 5.56 Å². The van der Waals surface area contributed by atoms with Gasteiger partial charge in [0.15, 0.2) is 0 Å². The number of benzene rings is 2. The second-order valence-corrected chi connectivity index (χ2v) is 6.18. The number of aromatic nitrogens is 1. The van der Waals surface area contributed by atoms with E-state index in [1.54, 1.807) is 43.6 Å². The van der Waals surface area contributed by atoms with Crippen molar-refractivity contribution in [3.63, 3.8) is 0 Å². The van der Waals surface area contributed by atoms with Crippen molar-refractivity contribution in [2.45, 2.75) is 13.0 Å². The molecular weight excluding hydrogens is 350 g/mol. The van der Waals surface area contributed by atoms with Gasteiger partial charge >= 0.3 is 0 Å². The number of fused-ring (bicyclic) bond motifs is 1. The number of hydrogen-bond acceptors (Lipinski definition) is 2. The second-order valence-electron chi connectivity index (χ2n) is 5.39. The van der Waals surface area contributed by atoms with Crippen LogP contribution in [-0.2, 0) is 0 Å². The molecule has 122 valence electrons. The number of carbonyl (C=O) groups excluding carboxylic acids is 1. The zero-order chi connectivity index (χ0) is 17.3. The van der Waals surface area contributed by atoms with Crippen molar-refractivity contribution in [2.75, 3.05) is 0 Å². The molecule has 0 aliphatic rings. The average molecular weight is 363 g/mol. The molecule has 0 spiro atoms. The Hall–Kier alpha value is -2.17. The van der Waals surface area contributed by atoms with Gasteiger partial charge in [0.2, 0.25) is 0 Å². The lowest BCUT2D eigenvalue weighted by molar-refractivity contribution is 0.0936. The topological polar surface area (TPSA) is 42.0 Å². The molecule has 3 rings (SSSR count). The summed E-state index contributed by atoms with van der Waals surface area (Å²) in [5.41, 5.74) is 0.640. The van der Waals surface area contributed by atoms with E-state index >= 15 is 0 Å². The SMILES string of the molecule is CC(NC(=O)c1cc2ccncc2cc1F)c1cccc(Cl)c1Cl. The molecule has 2 aromatic carbocycles. The highest BCUT2D eigenvalue weighted by molar-refractivity contribution is 6.42. The number of pyridine rings is 1. The molecule has 0 radical (unpaired) electrons. The van der Waals surface area contributed by atoms with Crippen LogP contribution in [0.1, 0.15) is 28.9 Å². The van der Waals surface area contributed by atoms with Gasteiger partial charge in [-0.05, 0) is 42.1 Å². The number of nitrogens with one attached hydrogen (secondary N) is 1. The van der Waals surface area contributed by atoms with Crippen molar-refractivity contribution in [3.05, 3.63) is 75.8 Å². The molecule has 0 fully saturated rings. The molecule has 1 aromatic heterocycles. The summed E-state index contributed by atoms with van der Waals surface area (Å²) in [4.78, 5) is 16.4. The molecule has 1 N–H and O–H groups in total. The molecule has 1 heterocycles. The molecule has 0 aliphatic heterocycles. The molecule has 0 aliphatic carbocycles. The zero-order valence-corrected chi connectivity index (χ0v) is 14.2. The van der Waals surface area contributed by atoms with Gasteiger partial charge in [-0.15, -0.1) is 0 Å². The minimum atomic E-state index is -0.600. The predicted molar refractivity (Wildman–Crippen MR) is 94.0 cm³/mol. The predicted octanol–water partition coefficient (Wildman–Crippen LogP) is 5.17. The molecule has 0 saturated heterocycles. The lowest BCUT2D eigenvalue weighted by Crippen LogP contribution is -2.27. The molecule has 24 heavy (non-hydrogen) atoms. The van der Waals surface area contributed by atoms with Gasteiger partial charge in [0.25, 0.3) is 5.91 Å². The summed E-state index contributed by atoms with van der Waals surface area (Å²) in [5.74, 6) is -1.12. The molecule has 0 bridgehead atoms. The van der Waals surface area contributed by atoms with Crippen LogP contribution in [0.2, 0.25) is 10.0 Å². The summed E-state index contributed by atoms with van der Waals surface area (Å²) in [6.07, 6.45) is 3.14. The van der Waals surface area contributed by atoms with Crippen LogP contribution in [0.25, 0.3) is 10.8 Å². The minimum absolute atomic E-state index is 0.0290. The van der Waals surface area contributed by atoms with Gasteiger partial charge in [0.05, 0.1) is 21.7 Å². The van der Waals surface area contributed by atoms with Gasteiger partial charge in [0.1, 0.15) is 5.82 Å². The van der Waals surface area contributed by atoms with E-state index in [9.17, 15) is 9.18 Å². The van der Waals surface area contributed by atoms with Crippen LogP contribution in [0.15, 0.2) is 48.8 Å². The van der Waals surface area contributed by atoms with Gasteiger partial charge in [-0.2, -0.15) is 0 Å². The van der Waals surface area contributed by atoms with Gasteiger partial charge in [-0.25, -0.2) is 4.39 Å². The van der Waals surface area contributed by atoms with E-state index < -0.39 is 17.8 Å². The fourth-order valence-corrected chi connectivity index (χ4v) is 2.96. The Morgan fingerprint density at radius 2 is 2.00 bits per heavy atom. The number of amides is 1. The van der Waals surface area contributed by atoms with Crippen LogP contribution < -0.4 is 5.32 Å². The lowest BCUT2D eigenvalue weighted by Gasteiger charge is -2.17. The third kappa shape index (κ3) is 3.21. The second kappa shape index (κ2) is 6.75. The van der Waals surface area contributed by atoms with Gasteiger partial charge in [-0.1, -0.05) is 35.3 Å². The van der Waals surface area contributed by atoms with E-state index in [4.69, 9.17) is 23.2 Å². The van der Waals surface area contributed by atoms with Crippen molar-refractivity contribution in [2.24, 2.45) is 0 Å². The van der Waals surface area contributed by atoms with Crippen LogP contribution in [0.3, 0.4) is 0 Å². The van der Waals surface area contributed by atoms with Gasteiger partial charge in [0, 0.05) is 17.8 Å². The van der Waals surface area contributed by atoms with Crippen molar-refractivity contribution in [1.29, 1.82) is 0 Å².